The van der Waals surface area contributed by atoms with Gasteiger partial charge in [0, 0.05) is 25.7 Å². The Morgan fingerprint density at radius 2 is 0.381 bits per heavy atom. The van der Waals surface area contributed by atoms with Crippen molar-refractivity contribution in [3.05, 3.63) is 0 Å². The number of hydrogen-bond acceptors (Lipinski definition) is 15. The number of esters is 4. The lowest BCUT2D eigenvalue weighted by Crippen LogP contribution is -2.30. The molecular weight excluding hydrogens is 1370 g/mol. The van der Waals surface area contributed by atoms with Gasteiger partial charge in [-0.2, -0.15) is 0 Å². The van der Waals surface area contributed by atoms with Crippen LogP contribution in [0.3, 0.4) is 0 Å². The van der Waals surface area contributed by atoms with Crippen molar-refractivity contribution in [3.63, 3.8) is 0 Å². The van der Waals surface area contributed by atoms with Gasteiger partial charge in [0.15, 0.2) is 12.2 Å². The second-order valence-electron chi connectivity index (χ2n) is 30.9. The number of carbonyl (C=O) groups is 4. The number of unbranched alkanes of at least 4 members (excludes halogenated alkanes) is 61. The van der Waals surface area contributed by atoms with E-state index in [0.717, 1.165) is 89.9 Å². The van der Waals surface area contributed by atoms with Gasteiger partial charge >= 0.3 is 39.5 Å². The molecule has 0 amide bonds. The van der Waals surface area contributed by atoms with E-state index in [-0.39, 0.29) is 25.7 Å². The SMILES string of the molecule is CCCCCCCCCCCCCCCCCCCCCCCCC(=O)O[C@H](COC(=O)CCCCCCCCCCCCCCCCCCCCCC)COP(=O)(O)OC[C@@H](O)COP(=O)(O)OC[C@@H](COC(=O)CCCCCCCCCCC)OC(=O)CCCCCCCCCCCCCCCC. The van der Waals surface area contributed by atoms with Gasteiger partial charge in [-0.25, -0.2) is 9.13 Å². The summed E-state index contributed by atoms with van der Waals surface area (Å²) in [6, 6.07) is 0. The first-order chi connectivity index (χ1) is 51.2. The zero-order chi connectivity index (χ0) is 76.7. The lowest BCUT2D eigenvalue weighted by atomic mass is 10.0. The van der Waals surface area contributed by atoms with Gasteiger partial charge in [-0.05, 0) is 25.7 Å². The summed E-state index contributed by atoms with van der Waals surface area (Å²) in [5.41, 5.74) is 0. The molecule has 0 rings (SSSR count). The predicted molar refractivity (Wildman–Crippen MR) is 432 cm³/mol. The van der Waals surface area contributed by atoms with Crippen LogP contribution in [0, 0.1) is 0 Å². The van der Waals surface area contributed by atoms with Crippen LogP contribution in [0.1, 0.15) is 471 Å². The minimum Gasteiger partial charge on any atom is -0.462 e. The molecule has 19 heteroatoms. The van der Waals surface area contributed by atoms with Gasteiger partial charge in [-0.1, -0.05) is 419 Å². The number of hydrogen-bond donors (Lipinski definition) is 3. The molecule has 0 aliphatic carbocycles. The Balaban J connectivity index is 5.18. The van der Waals surface area contributed by atoms with Crippen molar-refractivity contribution in [3.8, 4) is 0 Å². The van der Waals surface area contributed by atoms with Crippen LogP contribution in [-0.2, 0) is 65.4 Å². The summed E-state index contributed by atoms with van der Waals surface area (Å²) in [6.07, 6.45) is 75.2. The molecule has 0 spiro atoms. The second kappa shape index (κ2) is 80.1. The van der Waals surface area contributed by atoms with E-state index in [9.17, 15) is 43.2 Å². The third-order valence-electron chi connectivity index (χ3n) is 20.4. The highest BCUT2D eigenvalue weighted by Gasteiger charge is 2.30. The van der Waals surface area contributed by atoms with Crippen LogP contribution in [0.5, 0.6) is 0 Å². The quantitative estimate of drug-likeness (QED) is 0.0222. The highest BCUT2D eigenvalue weighted by molar-refractivity contribution is 7.47. The first-order valence-electron chi connectivity index (χ1n) is 44.8. The zero-order valence-corrected chi connectivity index (χ0v) is 70.5. The van der Waals surface area contributed by atoms with E-state index in [2.05, 4.69) is 27.7 Å². The fourth-order valence-corrected chi connectivity index (χ4v) is 15.1. The molecule has 105 heavy (non-hydrogen) atoms. The van der Waals surface area contributed by atoms with Gasteiger partial charge < -0.3 is 33.8 Å². The number of phosphoric acid groups is 2. The summed E-state index contributed by atoms with van der Waals surface area (Å²) in [4.78, 5) is 73.1. The van der Waals surface area contributed by atoms with Gasteiger partial charge in [0.1, 0.15) is 19.3 Å². The molecule has 3 N–H and O–H groups in total. The molecule has 0 heterocycles. The molecule has 0 saturated heterocycles. The normalized spacial score (nSPS) is 13.7. The topological polar surface area (TPSA) is 237 Å². The summed E-state index contributed by atoms with van der Waals surface area (Å²) in [5.74, 6) is -2.10. The molecule has 17 nitrogen and oxygen atoms in total. The summed E-state index contributed by atoms with van der Waals surface area (Å²) >= 11 is 0. The summed E-state index contributed by atoms with van der Waals surface area (Å²) in [6.45, 7) is 5.04. The standard InChI is InChI=1S/C86H168O17P2/c1-5-9-13-17-21-25-28-31-34-36-38-40-41-43-45-47-50-53-57-61-65-69-73-86(91)103-82(77-97-84(89)71-67-63-59-55-51-49-46-44-42-39-37-35-32-29-26-22-18-14-10-6-2)79-101-105(94,95)99-75-80(87)74-98-104(92,93)100-78-81(76-96-83(88)70-66-62-58-54-24-20-16-12-8-4)102-85(90)72-68-64-60-56-52-48-33-30-27-23-19-15-11-7-3/h80-82,87H,5-79H2,1-4H3,(H,92,93)(H,94,95)/t80-,81+,82+/m0/s1. The first kappa shape index (κ1) is 103. The lowest BCUT2D eigenvalue weighted by Gasteiger charge is -2.21. The van der Waals surface area contributed by atoms with Gasteiger partial charge in [0.05, 0.1) is 26.4 Å². The van der Waals surface area contributed by atoms with Crippen LogP contribution >= 0.6 is 15.6 Å². The van der Waals surface area contributed by atoms with Crippen LogP contribution in [0.15, 0.2) is 0 Å². The molecule has 0 aromatic heterocycles. The molecule has 0 aromatic carbocycles. The molecule has 0 aliphatic heterocycles. The molecule has 0 bridgehead atoms. The van der Waals surface area contributed by atoms with Crippen LogP contribution in [0.25, 0.3) is 0 Å². The fourth-order valence-electron chi connectivity index (χ4n) is 13.5. The second-order valence-corrected chi connectivity index (χ2v) is 33.8. The van der Waals surface area contributed by atoms with Crippen LogP contribution in [0.2, 0.25) is 0 Å². The van der Waals surface area contributed by atoms with Gasteiger partial charge in [-0.3, -0.25) is 37.3 Å². The van der Waals surface area contributed by atoms with Crippen molar-refractivity contribution < 1.29 is 80.2 Å². The number of ether oxygens (including phenoxy) is 4. The summed E-state index contributed by atoms with van der Waals surface area (Å²) < 4.78 is 68.8. The number of phosphoric ester groups is 2. The monoisotopic (exact) mass is 1540 g/mol. The molecule has 0 aromatic rings. The number of aliphatic hydroxyl groups excluding tert-OH is 1. The van der Waals surface area contributed by atoms with Crippen LogP contribution in [-0.4, -0.2) is 96.7 Å². The molecule has 0 fully saturated rings. The van der Waals surface area contributed by atoms with E-state index in [1.165, 1.54) is 302 Å². The Kier molecular flexibility index (Phi) is 78.6. The van der Waals surface area contributed by atoms with Crippen molar-refractivity contribution in [2.75, 3.05) is 39.6 Å². The number of aliphatic hydroxyl groups is 1. The molecular formula is C86H168O17P2. The maximum atomic E-state index is 13.1. The summed E-state index contributed by atoms with van der Waals surface area (Å²) in [5, 5.41) is 10.7. The summed E-state index contributed by atoms with van der Waals surface area (Å²) in [7, 11) is -9.92. The molecule has 624 valence electrons. The van der Waals surface area contributed by atoms with Crippen LogP contribution in [0.4, 0.5) is 0 Å². The van der Waals surface area contributed by atoms with Crippen molar-refractivity contribution in [1.82, 2.24) is 0 Å². The fraction of sp³-hybridized carbons (Fsp3) is 0.953. The maximum absolute atomic E-state index is 13.1. The third kappa shape index (κ3) is 79.9. The molecule has 2 unspecified atom stereocenters. The zero-order valence-electron chi connectivity index (χ0n) is 68.7. The van der Waals surface area contributed by atoms with Crippen LogP contribution < -0.4 is 0 Å². The largest absolute Gasteiger partial charge is 0.472 e. The highest BCUT2D eigenvalue weighted by Crippen LogP contribution is 2.45. The molecule has 0 radical (unpaired) electrons. The van der Waals surface area contributed by atoms with E-state index in [0.29, 0.717) is 25.7 Å². The number of carbonyl (C=O) groups excluding carboxylic acids is 4. The maximum Gasteiger partial charge on any atom is 0.472 e. The van der Waals surface area contributed by atoms with Crippen molar-refractivity contribution in [2.24, 2.45) is 0 Å². The molecule has 5 atom stereocenters. The van der Waals surface area contributed by atoms with Crippen molar-refractivity contribution in [2.45, 2.75) is 489 Å². The van der Waals surface area contributed by atoms with E-state index in [4.69, 9.17) is 37.0 Å². The minimum absolute atomic E-state index is 0.109. The predicted octanol–water partition coefficient (Wildman–Crippen LogP) is 26.5. The Morgan fingerprint density at radius 3 is 0.562 bits per heavy atom. The van der Waals surface area contributed by atoms with Gasteiger partial charge in [-0.15, -0.1) is 0 Å². The first-order valence-corrected chi connectivity index (χ1v) is 47.8. The van der Waals surface area contributed by atoms with Crippen molar-refractivity contribution in [1.29, 1.82) is 0 Å². The van der Waals surface area contributed by atoms with E-state index < -0.39 is 97.5 Å². The Labute approximate surface area is 645 Å². The van der Waals surface area contributed by atoms with Crippen molar-refractivity contribution >= 4 is 39.5 Å². The van der Waals surface area contributed by atoms with E-state index >= 15 is 0 Å². The Bertz CT molecular complexity index is 1980. The molecule has 0 saturated carbocycles. The Morgan fingerprint density at radius 1 is 0.229 bits per heavy atom. The average molecular weight is 1540 g/mol. The van der Waals surface area contributed by atoms with Gasteiger partial charge in [0.25, 0.3) is 0 Å². The van der Waals surface area contributed by atoms with E-state index in [1.807, 2.05) is 0 Å². The smallest absolute Gasteiger partial charge is 0.462 e. The average Bonchev–Trinajstić information content (AvgIpc) is 0.905. The minimum atomic E-state index is -4.96. The third-order valence-corrected chi connectivity index (χ3v) is 22.3. The Hall–Kier alpha value is -1.94. The van der Waals surface area contributed by atoms with Gasteiger partial charge in [0.2, 0.25) is 0 Å². The molecule has 0 aliphatic rings. The number of rotatable bonds is 87. The van der Waals surface area contributed by atoms with E-state index in [1.54, 1.807) is 0 Å². The lowest BCUT2D eigenvalue weighted by molar-refractivity contribution is -0.161. The highest BCUT2D eigenvalue weighted by atomic mass is 31.2.